The highest BCUT2D eigenvalue weighted by Crippen LogP contribution is 2.11. The molecule has 0 aromatic rings. The highest BCUT2D eigenvalue weighted by molar-refractivity contribution is 14.0. The molecular formula is C16H35IN4O. The lowest BCUT2D eigenvalue weighted by molar-refractivity contribution is 0.203. The Labute approximate surface area is 153 Å². The van der Waals surface area contributed by atoms with Crippen LogP contribution in [0.3, 0.4) is 0 Å². The molecule has 0 aromatic carbocycles. The number of aliphatic hydroxyl groups excluding tert-OH is 1. The number of piperidine rings is 1. The van der Waals surface area contributed by atoms with Crippen LogP contribution in [0.25, 0.3) is 0 Å². The van der Waals surface area contributed by atoms with Crippen LogP contribution in [0, 0.1) is 5.92 Å². The second-order valence-corrected chi connectivity index (χ2v) is 6.12. The van der Waals surface area contributed by atoms with Crippen LogP contribution in [0.1, 0.15) is 46.5 Å². The van der Waals surface area contributed by atoms with Gasteiger partial charge >= 0.3 is 0 Å². The number of unbranched alkanes of at least 4 members (excludes halogenated alkanes) is 1. The summed E-state index contributed by atoms with van der Waals surface area (Å²) in [4.78, 5) is 7.14. The van der Waals surface area contributed by atoms with Crippen molar-refractivity contribution in [3.63, 3.8) is 0 Å². The third-order valence-corrected chi connectivity index (χ3v) is 3.97. The van der Waals surface area contributed by atoms with Gasteiger partial charge < -0.3 is 20.6 Å². The number of hydrogen-bond donors (Lipinski definition) is 3. The van der Waals surface area contributed by atoms with Crippen LogP contribution < -0.4 is 10.6 Å². The monoisotopic (exact) mass is 426 g/mol. The first-order valence-electron chi connectivity index (χ1n) is 8.57. The van der Waals surface area contributed by atoms with Gasteiger partial charge in [0.15, 0.2) is 5.96 Å². The first kappa shape index (κ1) is 21.9. The molecule has 1 fully saturated rings. The van der Waals surface area contributed by atoms with Crippen molar-refractivity contribution in [2.45, 2.75) is 52.5 Å². The van der Waals surface area contributed by atoms with Gasteiger partial charge in [-0.15, -0.1) is 24.0 Å². The Kier molecular flexibility index (Phi) is 13.3. The van der Waals surface area contributed by atoms with Gasteiger partial charge in [0.25, 0.3) is 0 Å². The predicted molar refractivity (Wildman–Crippen MR) is 105 cm³/mol. The standard InChI is InChI=1S/C16H34N4O.HI/c1-4-6-9-20-10-7-15(8-11-20)19-16(17-5-2)18-12-14(3)13-21;/h14-15,21H,4-13H2,1-3H3,(H2,17,18,19);1H. The fourth-order valence-corrected chi connectivity index (χ4v) is 2.50. The molecule has 0 amide bonds. The van der Waals surface area contributed by atoms with Gasteiger partial charge in [0.05, 0.1) is 0 Å². The van der Waals surface area contributed by atoms with Crippen LogP contribution in [0.2, 0.25) is 0 Å². The number of aliphatic hydroxyl groups is 1. The van der Waals surface area contributed by atoms with E-state index in [1.165, 1.54) is 45.3 Å². The normalized spacial score (nSPS) is 18.6. The molecule has 1 rings (SSSR count). The summed E-state index contributed by atoms with van der Waals surface area (Å²) in [5.74, 6) is 1.11. The summed E-state index contributed by atoms with van der Waals surface area (Å²) in [6.45, 7) is 11.7. The van der Waals surface area contributed by atoms with Crippen LogP contribution in [-0.2, 0) is 0 Å². The second-order valence-electron chi connectivity index (χ2n) is 6.12. The van der Waals surface area contributed by atoms with E-state index in [0.717, 1.165) is 12.5 Å². The van der Waals surface area contributed by atoms with Crippen molar-refractivity contribution in [1.29, 1.82) is 0 Å². The molecule has 132 valence electrons. The van der Waals surface area contributed by atoms with Crippen molar-refractivity contribution >= 4 is 29.9 Å². The minimum absolute atomic E-state index is 0. The van der Waals surface area contributed by atoms with Crippen molar-refractivity contribution in [1.82, 2.24) is 15.5 Å². The summed E-state index contributed by atoms with van der Waals surface area (Å²) in [5.41, 5.74) is 0. The van der Waals surface area contributed by atoms with E-state index in [2.05, 4.69) is 34.4 Å². The molecule has 0 radical (unpaired) electrons. The van der Waals surface area contributed by atoms with E-state index in [1.54, 1.807) is 0 Å². The molecule has 0 spiro atoms. The fraction of sp³-hybridized carbons (Fsp3) is 0.938. The number of likely N-dealkylation sites (tertiary alicyclic amines) is 1. The fourth-order valence-electron chi connectivity index (χ4n) is 2.50. The largest absolute Gasteiger partial charge is 0.396 e. The molecule has 22 heavy (non-hydrogen) atoms. The molecular weight excluding hydrogens is 391 g/mol. The van der Waals surface area contributed by atoms with Crippen molar-refractivity contribution in [3.05, 3.63) is 0 Å². The quantitative estimate of drug-likeness (QED) is 0.316. The predicted octanol–water partition coefficient (Wildman–Crippen LogP) is 2.05. The molecule has 1 aliphatic rings. The van der Waals surface area contributed by atoms with E-state index >= 15 is 0 Å². The number of nitrogens with one attached hydrogen (secondary N) is 2. The Morgan fingerprint density at radius 1 is 1.32 bits per heavy atom. The van der Waals surface area contributed by atoms with E-state index in [0.29, 0.717) is 12.6 Å². The third kappa shape index (κ3) is 9.15. The number of hydrogen-bond acceptors (Lipinski definition) is 3. The SMILES string of the molecule is CCCCN1CCC(NC(=NCC(C)CO)NCC)CC1.I. The van der Waals surface area contributed by atoms with Crippen LogP contribution in [0.5, 0.6) is 0 Å². The molecule has 1 saturated heterocycles. The van der Waals surface area contributed by atoms with Crippen molar-refractivity contribution in [2.75, 3.05) is 39.3 Å². The van der Waals surface area contributed by atoms with E-state index in [4.69, 9.17) is 5.11 Å². The molecule has 3 N–H and O–H groups in total. The molecule has 1 atom stereocenters. The zero-order valence-electron chi connectivity index (χ0n) is 14.5. The minimum atomic E-state index is 0. The molecule has 0 bridgehead atoms. The van der Waals surface area contributed by atoms with Gasteiger partial charge in [-0.1, -0.05) is 20.3 Å². The summed E-state index contributed by atoms with van der Waals surface area (Å²) in [6, 6.07) is 0.519. The van der Waals surface area contributed by atoms with Crippen LogP contribution >= 0.6 is 24.0 Å². The average molecular weight is 426 g/mol. The number of aliphatic imine (C=N–C) groups is 1. The summed E-state index contributed by atoms with van der Waals surface area (Å²) < 4.78 is 0. The van der Waals surface area contributed by atoms with Crippen molar-refractivity contribution in [3.8, 4) is 0 Å². The number of nitrogens with zero attached hydrogens (tertiary/aromatic N) is 2. The number of rotatable bonds is 8. The first-order chi connectivity index (χ1) is 10.2. The van der Waals surface area contributed by atoms with Gasteiger partial charge in [0, 0.05) is 38.8 Å². The molecule has 1 unspecified atom stereocenters. The Morgan fingerprint density at radius 3 is 2.55 bits per heavy atom. The van der Waals surface area contributed by atoms with Gasteiger partial charge in [0.1, 0.15) is 0 Å². The van der Waals surface area contributed by atoms with Crippen molar-refractivity contribution < 1.29 is 5.11 Å². The molecule has 0 aromatic heterocycles. The van der Waals surface area contributed by atoms with E-state index in [9.17, 15) is 0 Å². The average Bonchev–Trinajstić information content (AvgIpc) is 2.51. The number of guanidine groups is 1. The van der Waals surface area contributed by atoms with Gasteiger partial charge in [-0.05, 0) is 38.6 Å². The lowest BCUT2D eigenvalue weighted by Gasteiger charge is -2.33. The zero-order valence-corrected chi connectivity index (χ0v) is 16.8. The summed E-state index contributed by atoms with van der Waals surface area (Å²) in [7, 11) is 0. The Morgan fingerprint density at radius 2 is 2.00 bits per heavy atom. The van der Waals surface area contributed by atoms with Gasteiger partial charge in [-0.2, -0.15) is 0 Å². The lowest BCUT2D eigenvalue weighted by Crippen LogP contribution is -2.49. The Hall–Kier alpha value is -0.0800. The van der Waals surface area contributed by atoms with E-state index in [1.807, 2.05) is 6.92 Å². The van der Waals surface area contributed by atoms with Crippen molar-refractivity contribution in [2.24, 2.45) is 10.9 Å². The summed E-state index contributed by atoms with van der Waals surface area (Å²) in [5, 5.41) is 15.9. The number of halogens is 1. The maximum atomic E-state index is 9.08. The minimum Gasteiger partial charge on any atom is -0.396 e. The summed E-state index contributed by atoms with van der Waals surface area (Å²) >= 11 is 0. The molecule has 1 aliphatic heterocycles. The van der Waals surface area contributed by atoms with E-state index in [-0.39, 0.29) is 36.5 Å². The zero-order chi connectivity index (χ0) is 15.5. The highest BCUT2D eigenvalue weighted by Gasteiger charge is 2.19. The Bertz CT molecular complexity index is 294. The van der Waals surface area contributed by atoms with E-state index < -0.39 is 0 Å². The molecule has 5 nitrogen and oxygen atoms in total. The van der Waals surface area contributed by atoms with Gasteiger partial charge in [-0.3, -0.25) is 4.99 Å². The molecule has 1 heterocycles. The van der Waals surface area contributed by atoms with Gasteiger partial charge in [0.2, 0.25) is 0 Å². The van der Waals surface area contributed by atoms with Gasteiger partial charge in [-0.25, -0.2) is 0 Å². The highest BCUT2D eigenvalue weighted by atomic mass is 127. The smallest absolute Gasteiger partial charge is 0.191 e. The molecule has 0 saturated carbocycles. The summed E-state index contributed by atoms with van der Waals surface area (Å²) in [6.07, 6.45) is 4.95. The maximum Gasteiger partial charge on any atom is 0.191 e. The molecule has 0 aliphatic carbocycles. The topological polar surface area (TPSA) is 59.9 Å². The second kappa shape index (κ2) is 13.4. The van der Waals surface area contributed by atoms with Crippen LogP contribution in [0.15, 0.2) is 4.99 Å². The van der Waals surface area contributed by atoms with Crippen LogP contribution in [-0.4, -0.2) is 61.3 Å². The lowest BCUT2D eigenvalue weighted by atomic mass is 10.0. The third-order valence-electron chi connectivity index (χ3n) is 3.97. The maximum absolute atomic E-state index is 9.08. The Balaban J connectivity index is 0.00000441. The first-order valence-corrected chi connectivity index (χ1v) is 8.57. The molecule has 6 heteroatoms. The van der Waals surface area contributed by atoms with Crippen LogP contribution in [0.4, 0.5) is 0 Å².